The number of allylic oxidation sites excluding steroid dienone is 8. The molecule has 0 saturated carbocycles. The van der Waals surface area contributed by atoms with E-state index < -0.39 is 0 Å². The van der Waals surface area contributed by atoms with Crippen LogP contribution in [-0.4, -0.2) is 0 Å². The lowest BCUT2D eigenvalue weighted by atomic mass is 9.41. The molecular formula is C41H50. The summed E-state index contributed by atoms with van der Waals surface area (Å²) in [4.78, 5) is 0. The van der Waals surface area contributed by atoms with E-state index in [1.54, 1.807) is 0 Å². The van der Waals surface area contributed by atoms with E-state index in [9.17, 15) is 0 Å². The maximum atomic E-state index is 4.85. The van der Waals surface area contributed by atoms with E-state index in [-0.39, 0.29) is 16.2 Å². The molecule has 0 N–H and O–H groups in total. The molecule has 0 aliphatic heterocycles. The average Bonchev–Trinajstić information content (AvgIpc) is 2.88. The van der Waals surface area contributed by atoms with Gasteiger partial charge in [-0.15, -0.1) is 0 Å². The van der Waals surface area contributed by atoms with Gasteiger partial charge in [0.2, 0.25) is 0 Å². The highest BCUT2D eigenvalue weighted by atomic mass is 14.6. The lowest BCUT2D eigenvalue weighted by Crippen LogP contribution is -2.52. The van der Waals surface area contributed by atoms with Crippen molar-refractivity contribution in [2.24, 2.45) is 16.2 Å². The van der Waals surface area contributed by atoms with Crippen LogP contribution in [0.2, 0.25) is 0 Å². The van der Waals surface area contributed by atoms with Crippen LogP contribution < -0.4 is 0 Å². The Bertz CT molecular complexity index is 1560. The molecule has 0 nitrogen and oxygen atoms in total. The molecule has 0 spiro atoms. The van der Waals surface area contributed by atoms with Gasteiger partial charge in [0.15, 0.2) is 0 Å². The van der Waals surface area contributed by atoms with Gasteiger partial charge >= 0.3 is 0 Å². The number of aryl methyl sites for hydroxylation is 1. The van der Waals surface area contributed by atoms with Gasteiger partial charge in [0.1, 0.15) is 0 Å². The number of rotatable bonds is 6. The molecule has 0 saturated heterocycles. The minimum absolute atomic E-state index is 0.0614. The molecule has 41 heavy (non-hydrogen) atoms. The van der Waals surface area contributed by atoms with Crippen molar-refractivity contribution in [1.82, 2.24) is 0 Å². The van der Waals surface area contributed by atoms with Crippen molar-refractivity contribution < 1.29 is 0 Å². The van der Waals surface area contributed by atoms with Gasteiger partial charge in [0, 0.05) is 5.41 Å². The van der Waals surface area contributed by atoms with Crippen LogP contribution in [0.15, 0.2) is 102 Å². The van der Waals surface area contributed by atoms with Crippen LogP contribution >= 0.6 is 0 Å². The SMILES string of the molecule is C=C(Cc1ccc(CC)cc1)Cc1ccc2c(c1C)C(=C)C1=C(C)[C@@]3(C)C(=C)C(C(=C)C)=C(C)C[C@@]3(C)C[C@@]1(C)C2. The van der Waals surface area contributed by atoms with Crippen LogP contribution in [0.5, 0.6) is 0 Å². The van der Waals surface area contributed by atoms with Gasteiger partial charge in [-0.1, -0.05) is 113 Å². The first kappa shape index (κ1) is 29.4. The first-order chi connectivity index (χ1) is 19.2. The Morgan fingerprint density at radius 2 is 1.49 bits per heavy atom. The molecule has 0 amide bonds. The monoisotopic (exact) mass is 542 g/mol. The second-order valence-corrected chi connectivity index (χ2v) is 14.3. The first-order valence-electron chi connectivity index (χ1n) is 15.5. The molecule has 0 fully saturated rings. The second kappa shape index (κ2) is 10.0. The summed E-state index contributed by atoms with van der Waals surface area (Å²) < 4.78 is 0. The summed E-state index contributed by atoms with van der Waals surface area (Å²) in [6.45, 7) is 37.2. The number of hydrogen-bond donors (Lipinski definition) is 0. The van der Waals surface area contributed by atoms with Crippen LogP contribution in [0.25, 0.3) is 5.57 Å². The number of fused-ring (bicyclic) bond motifs is 3. The normalized spacial score (nSPS) is 27.4. The zero-order valence-corrected chi connectivity index (χ0v) is 27.0. The van der Waals surface area contributed by atoms with Gasteiger partial charge in [-0.3, -0.25) is 0 Å². The maximum Gasteiger partial charge on any atom is 0.0194 e. The van der Waals surface area contributed by atoms with Crippen molar-refractivity contribution in [3.63, 3.8) is 0 Å². The lowest BCUT2D eigenvalue weighted by molar-refractivity contribution is 0.0544. The summed E-state index contributed by atoms with van der Waals surface area (Å²) in [5.41, 5.74) is 18.9. The summed E-state index contributed by atoms with van der Waals surface area (Å²) in [5.74, 6) is 0. The Balaban J connectivity index is 1.53. The van der Waals surface area contributed by atoms with E-state index in [0.717, 1.165) is 44.1 Å². The van der Waals surface area contributed by atoms with Gasteiger partial charge in [-0.05, 0) is 133 Å². The fourth-order valence-electron chi connectivity index (χ4n) is 9.28. The summed E-state index contributed by atoms with van der Waals surface area (Å²) in [5, 5.41) is 0. The van der Waals surface area contributed by atoms with Crippen molar-refractivity contribution in [3.05, 3.63) is 135 Å². The molecule has 0 heterocycles. The molecule has 3 atom stereocenters. The van der Waals surface area contributed by atoms with Crippen molar-refractivity contribution in [1.29, 1.82) is 0 Å². The van der Waals surface area contributed by atoms with E-state index in [2.05, 4.69) is 105 Å². The summed E-state index contributed by atoms with van der Waals surface area (Å²) in [6.07, 6.45) is 6.18. The van der Waals surface area contributed by atoms with Crippen LogP contribution in [0.4, 0.5) is 0 Å². The van der Waals surface area contributed by atoms with E-state index in [0.29, 0.717) is 0 Å². The van der Waals surface area contributed by atoms with Gasteiger partial charge in [-0.25, -0.2) is 0 Å². The van der Waals surface area contributed by atoms with Gasteiger partial charge < -0.3 is 0 Å². The molecule has 214 valence electrons. The summed E-state index contributed by atoms with van der Waals surface area (Å²) in [6, 6.07) is 13.8. The van der Waals surface area contributed by atoms with Crippen molar-refractivity contribution in [2.45, 2.75) is 93.9 Å². The zero-order valence-electron chi connectivity index (χ0n) is 27.0. The molecule has 0 unspecified atom stereocenters. The molecule has 3 aliphatic carbocycles. The zero-order chi connectivity index (χ0) is 30.1. The van der Waals surface area contributed by atoms with Crippen LogP contribution in [0.1, 0.15) is 94.7 Å². The Morgan fingerprint density at radius 3 is 2.10 bits per heavy atom. The summed E-state index contributed by atoms with van der Waals surface area (Å²) >= 11 is 0. The maximum absolute atomic E-state index is 4.85. The lowest BCUT2D eigenvalue weighted by Gasteiger charge is -2.62. The third-order valence-corrected chi connectivity index (χ3v) is 11.3. The van der Waals surface area contributed by atoms with Crippen LogP contribution in [0.3, 0.4) is 0 Å². The second-order valence-electron chi connectivity index (χ2n) is 14.3. The quantitative estimate of drug-likeness (QED) is 0.318. The fourth-order valence-corrected chi connectivity index (χ4v) is 9.28. The van der Waals surface area contributed by atoms with Gasteiger partial charge in [0.25, 0.3) is 0 Å². The molecule has 5 rings (SSSR count). The number of benzene rings is 2. The number of hydrogen-bond acceptors (Lipinski definition) is 0. The molecule has 0 heteroatoms. The highest BCUT2D eigenvalue weighted by Gasteiger charge is 2.59. The third kappa shape index (κ3) is 4.41. The molecule has 2 aromatic carbocycles. The molecule has 0 aromatic heterocycles. The Kier molecular flexibility index (Phi) is 7.17. The van der Waals surface area contributed by atoms with Crippen molar-refractivity contribution >= 4 is 5.57 Å². The Hall–Kier alpha value is -3.12. The molecule has 3 aliphatic rings. The minimum atomic E-state index is -0.122. The average molecular weight is 543 g/mol. The van der Waals surface area contributed by atoms with Crippen LogP contribution in [0, 0.1) is 23.2 Å². The van der Waals surface area contributed by atoms with Crippen molar-refractivity contribution in [2.75, 3.05) is 0 Å². The fraction of sp³-hybridized carbons (Fsp3) is 0.415. The largest absolute Gasteiger partial charge is 0.0992 e. The van der Waals surface area contributed by atoms with Crippen molar-refractivity contribution in [3.8, 4) is 0 Å². The van der Waals surface area contributed by atoms with E-state index >= 15 is 0 Å². The first-order valence-corrected chi connectivity index (χ1v) is 15.5. The standard InChI is InChI=1S/C41H50/c1-13-32-14-16-33(17-15-32)20-26(4)21-34-18-19-35-23-39(10)24-40(11)22-27(5)36(25(2)3)30(8)41(40,12)31(9)38(39)29(7)37(35)28(34)6/h14-19H,2,4,7-8,13,20-24H2,1,3,5-6,9-12H3/t39-,40+,41-/m1/s1. The Labute approximate surface area is 250 Å². The summed E-state index contributed by atoms with van der Waals surface area (Å²) in [7, 11) is 0. The smallest absolute Gasteiger partial charge is 0.0194 e. The highest BCUT2D eigenvalue weighted by Crippen LogP contribution is 2.70. The topological polar surface area (TPSA) is 0 Å². The third-order valence-electron chi connectivity index (χ3n) is 11.3. The van der Waals surface area contributed by atoms with Crippen LogP contribution in [-0.2, 0) is 25.7 Å². The minimum Gasteiger partial charge on any atom is -0.0992 e. The van der Waals surface area contributed by atoms with Gasteiger partial charge in [-0.2, -0.15) is 0 Å². The highest BCUT2D eigenvalue weighted by molar-refractivity contribution is 5.87. The van der Waals surface area contributed by atoms with E-state index in [1.165, 1.54) is 72.4 Å². The molecule has 0 bridgehead atoms. The van der Waals surface area contributed by atoms with E-state index in [4.69, 9.17) is 13.2 Å². The molecular weight excluding hydrogens is 492 g/mol. The molecule has 0 radical (unpaired) electrons. The Morgan fingerprint density at radius 1 is 0.854 bits per heavy atom. The predicted octanol–water partition coefficient (Wildman–Crippen LogP) is 11.1. The predicted molar refractivity (Wildman–Crippen MR) is 179 cm³/mol. The van der Waals surface area contributed by atoms with E-state index in [1.807, 2.05) is 0 Å². The van der Waals surface area contributed by atoms with Gasteiger partial charge in [0.05, 0.1) is 0 Å². The molecule has 2 aromatic rings.